The highest BCUT2D eigenvalue weighted by atomic mass is 35.5. The van der Waals surface area contributed by atoms with Crippen molar-refractivity contribution in [3.8, 4) is 0 Å². The number of para-hydroxylation sites is 1. The Hall–Kier alpha value is -2.31. The van der Waals surface area contributed by atoms with Gasteiger partial charge in [-0.25, -0.2) is 0 Å². The molecule has 0 saturated carbocycles. The number of carbonyl (C=O) groups is 2. The number of amidine groups is 1. The molecule has 0 radical (unpaired) electrons. The second-order valence-electron chi connectivity index (χ2n) is 5.85. The molecular weight excluding hydrogens is 370 g/mol. The van der Waals surface area contributed by atoms with Gasteiger partial charge in [0.15, 0.2) is 5.17 Å². The van der Waals surface area contributed by atoms with E-state index in [0.29, 0.717) is 15.9 Å². The highest BCUT2D eigenvalue weighted by molar-refractivity contribution is 8.15. The molecule has 2 aromatic rings. The molecule has 7 heteroatoms. The largest absolute Gasteiger partial charge is 0.325 e. The van der Waals surface area contributed by atoms with E-state index in [1.165, 1.54) is 11.8 Å². The Labute approximate surface area is 161 Å². The Morgan fingerprint density at radius 2 is 1.92 bits per heavy atom. The van der Waals surface area contributed by atoms with Gasteiger partial charge in [0.05, 0.1) is 16.8 Å². The van der Waals surface area contributed by atoms with Gasteiger partial charge in [-0.15, -0.1) is 0 Å². The van der Waals surface area contributed by atoms with Crippen LogP contribution in [-0.4, -0.2) is 22.2 Å². The van der Waals surface area contributed by atoms with Crippen LogP contribution in [0.1, 0.15) is 24.9 Å². The van der Waals surface area contributed by atoms with Crippen LogP contribution in [0.15, 0.2) is 59.6 Å². The van der Waals surface area contributed by atoms with E-state index in [1.807, 2.05) is 37.3 Å². The summed E-state index contributed by atoms with van der Waals surface area (Å²) in [5.41, 5.74) is 1.60. The van der Waals surface area contributed by atoms with Gasteiger partial charge in [0.2, 0.25) is 11.8 Å². The summed E-state index contributed by atoms with van der Waals surface area (Å²) in [7, 11) is 0. The van der Waals surface area contributed by atoms with Crippen LogP contribution < -0.4 is 10.6 Å². The van der Waals surface area contributed by atoms with Gasteiger partial charge in [0.1, 0.15) is 5.25 Å². The quantitative estimate of drug-likeness (QED) is 0.814. The summed E-state index contributed by atoms with van der Waals surface area (Å²) in [6, 6.07) is 16.7. The van der Waals surface area contributed by atoms with Crippen LogP contribution >= 0.6 is 23.4 Å². The van der Waals surface area contributed by atoms with Crippen LogP contribution in [-0.2, 0) is 9.59 Å². The van der Waals surface area contributed by atoms with Crippen molar-refractivity contribution in [3.63, 3.8) is 0 Å². The summed E-state index contributed by atoms with van der Waals surface area (Å²) in [6.07, 6.45) is 0.0560. The lowest BCUT2D eigenvalue weighted by Gasteiger charge is -2.09. The van der Waals surface area contributed by atoms with E-state index in [1.54, 1.807) is 24.3 Å². The van der Waals surface area contributed by atoms with Crippen molar-refractivity contribution in [2.24, 2.45) is 4.99 Å². The Morgan fingerprint density at radius 3 is 2.65 bits per heavy atom. The molecular formula is C19H18ClN3O2S. The number of anilines is 1. The average Bonchev–Trinajstić information content (AvgIpc) is 2.96. The lowest BCUT2D eigenvalue weighted by molar-refractivity contribution is -0.122. The molecule has 1 heterocycles. The zero-order chi connectivity index (χ0) is 18.5. The maximum atomic E-state index is 12.2. The zero-order valence-electron chi connectivity index (χ0n) is 14.1. The van der Waals surface area contributed by atoms with Gasteiger partial charge < -0.3 is 10.6 Å². The number of thioether (sulfide) groups is 1. The second kappa shape index (κ2) is 8.38. The van der Waals surface area contributed by atoms with Crippen molar-refractivity contribution in [2.45, 2.75) is 24.6 Å². The van der Waals surface area contributed by atoms with Crippen molar-refractivity contribution in [1.82, 2.24) is 5.32 Å². The number of amides is 2. The fraction of sp³-hybridized carbons (Fsp3) is 0.211. The molecule has 2 N–H and O–H groups in total. The van der Waals surface area contributed by atoms with E-state index in [2.05, 4.69) is 15.6 Å². The van der Waals surface area contributed by atoms with E-state index in [9.17, 15) is 9.59 Å². The SMILES string of the molecule is C[C@@H](N=C1NC(=O)[C@H](CC(=O)Nc2ccccc2Cl)S1)c1ccccc1. The Morgan fingerprint density at radius 1 is 1.23 bits per heavy atom. The molecule has 2 amide bonds. The number of halogens is 1. The molecule has 3 rings (SSSR count). The summed E-state index contributed by atoms with van der Waals surface area (Å²) in [5, 5.41) is 5.99. The first-order valence-corrected chi connectivity index (χ1v) is 9.43. The molecule has 2 aromatic carbocycles. The molecule has 26 heavy (non-hydrogen) atoms. The summed E-state index contributed by atoms with van der Waals surface area (Å²) < 4.78 is 0. The number of hydrogen-bond donors (Lipinski definition) is 2. The highest BCUT2D eigenvalue weighted by Crippen LogP contribution is 2.27. The number of rotatable bonds is 5. The molecule has 1 aliphatic rings. The van der Waals surface area contributed by atoms with Crippen molar-refractivity contribution in [2.75, 3.05) is 5.32 Å². The number of nitrogens with one attached hydrogen (secondary N) is 2. The second-order valence-corrected chi connectivity index (χ2v) is 7.45. The topological polar surface area (TPSA) is 70.6 Å². The number of carbonyl (C=O) groups excluding carboxylic acids is 2. The molecule has 1 saturated heterocycles. The van der Waals surface area contributed by atoms with Crippen molar-refractivity contribution in [3.05, 3.63) is 65.2 Å². The third-order valence-corrected chi connectivity index (χ3v) is 5.31. The highest BCUT2D eigenvalue weighted by Gasteiger charge is 2.32. The van der Waals surface area contributed by atoms with Crippen molar-refractivity contribution < 1.29 is 9.59 Å². The lowest BCUT2D eigenvalue weighted by atomic mass is 10.1. The van der Waals surface area contributed by atoms with E-state index < -0.39 is 5.25 Å². The Balaban J connectivity index is 1.60. The number of nitrogens with zero attached hydrogens (tertiary/aromatic N) is 1. The van der Waals surface area contributed by atoms with Crippen LogP contribution in [0.25, 0.3) is 0 Å². The van der Waals surface area contributed by atoms with E-state index in [4.69, 9.17) is 11.6 Å². The van der Waals surface area contributed by atoms with Crippen LogP contribution in [0.3, 0.4) is 0 Å². The number of benzene rings is 2. The van der Waals surface area contributed by atoms with E-state index in [-0.39, 0.29) is 24.3 Å². The van der Waals surface area contributed by atoms with Crippen LogP contribution in [0.2, 0.25) is 5.02 Å². The van der Waals surface area contributed by atoms with Crippen LogP contribution in [0.4, 0.5) is 5.69 Å². The molecule has 1 fully saturated rings. The molecule has 5 nitrogen and oxygen atoms in total. The predicted octanol–water partition coefficient (Wildman–Crippen LogP) is 4.02. The number of aliphatic imine (C=N–C) groups is 1. The Bertz CT molecular complexity index is 842. The molecule has 0 spiro atoms. The van der Waals surface area contributed by atoms with Gasteiger partial charge in [-0.1, -0.05) is 65.8 Å². The van der Waals surface area contributed by atoms with Crippen molar-refractivity contribution in [1.29, 1.82) is 0 Å². The third-order valence-electron chi connectivity index (χ3n) is 3.89. The minimum Gasteiger partial charge on any atom is -0.325 e. The molecule has 0 bridgehead atoms. The average molecular weight is 388 g/mol. The van der Waals surface area contributed by atoms with Crippen LogP contribution in [0.5, 0.6) is 0 Å². The third kappa shape index (κ3) is 4.65. The summed E-state index contributed by atoms with van der Waals surface area (Å²) in [6.45, 7) is 1.96. The minimum atomic E-state index is -0.501. The molecule has 0 aromatic heterocycles. The zero-order valence-corrected chi connectivity index (χ0v) is 15.7. The summed E-state index contributed by atoms with van der Waals surface area (Å²) in [4.78, 5) is 28.9. The van der Waals surface area contributed by atoms with Crippen molar-refractivity contribution >= 4 is 46.0 Å². The smallest absolute Gasteiger partial charge is 0.240 e. The maximum Gasteiger partial charge on any atom is 0.240 e. The minimum absolute atomic E-state index is 0.0560. The van der Waals surface area contributed by atoms with Gasteiger partial charge in [-0.05, 0) is 24.6 Å². The lowest BCUT2D eigenvalue weighted by Crippen LogP contribution is -2.28. The Kier molecular flexibility index (Phi) is 5.96. The van der Waals surface area contributed by atoms with Gasteiger partial charge >= 0.3 is 0 Å². The molecule has 0 unspecified atom stereocenters. The van der Waals surface area contributed by atoms with E-state index in [0.717, 1.165) is 5.56 Å². The summed E-state index contributed by atoms with van der Waals surface area (Å²) in [5.74, 6) is -0.466. The summed E-state index contributed by atoms with van der Waals surface area (Å²) >= 11 is 7.31. The molecule has 2 atom stereocenters. The predicted molar refractivity (Wildman–Crippen MR) is 107 cm³/mol. The normalized spacial score (nSPS) is 19.2. The van der Waals surface area contributed by atoms with Gasteiger partial charge in [0.25, 0.3) is 0 Å². The van der Waals surface area contributed by atoms with Gasteiger partial charge in [-0.2, -0.15) is 0 Å². The first kappa shape index (κ1) is 18.5. The molecule has 134 valence electrons. The fourth-order valence-corrected chi connectivity index (χ4v) is 3.75. The maximum absolute atomic E-state index is 12.2. The first-order valence-electron chi connectivity index (χ1n) is 8.17. The first-order chi connectivity index (χ1) is 12.5. The van der Waals surface area contributed by atoms with Crippen LogP contribution in [0, 0.1) is 0 Å². The fourth-order valence-electron chi connectivity index (χ4n) is 2.51. The van der Waals surface area contributed by atoms with Gasteiger partial charge in [0, 0.05) is 6.42 Å². The number of hydrogen-bond acceptors (Lipinski definition) is 4. The molecule has 0 aliphatic carbocycles. The standard InChI is InChI=1S/C19H18ClN3O2S/c1-12(13-7-3-2-4-8-13)21-19-23-18(25)16(26-19)11-17(24)22-15-10-6-5-9-14(15)20/h2-10,12,16H,11H2,1H3,(H,22,24)(H,21,23,25)/t12-,16+/m1/s1. The van der Waals surface area contributed by atoms with E-state index >= 15 is 0 Å². The monoisotopic (exact) mass is 387 g/mol. The molecule has 1 aliphatic heterocycles. The van der Waals surface area contributed by atoms with Gasteiger partial charge in [-0.3, -0.25) is 14.6 Å².